The van der Waals surface area contributed by atoms with Crippen molar-refractivity contribution in [1.29, 1.82) is 5.26 Å². The molecule has 0 aliphatic carbocycles. The van der Waals surface area contributed by atoms with Crippen molar-refractivity contribution < 1.29 is 29.0 Å². The molecule has 0 saturated heterocycles. The van der Waals surface area contributed by atoms with E-state index in [2.05, 4.69) is 32.3 Å². The van der Waals surface area contributed by atoms with Crippen LogP contribution in [-0.4, -0.2) is 59.8 Å². The molecular weight excluding hydrogens is 507 g/mol. The normalized spacial score (nSPS) is 15.7. The van der Waals surface area contributed by atoms with Crippen molar-refractivity contribution in [2.75, 3.05) is 25.0 Å². The van der Waals surface area contributed by atoms with Crippen molar-refractivity contribution >= 4 is 29.4 Å². The van der Waals surface area contributed by atoms with Crippen molar-refractivity contribution in [3.05, 3.63) is 58.7 Å². The number of benzene rings is 2. The van der Waals surface area contributed by atoms with Gasteiger partial charge in [0.05, 0.1) is 43.7 Å². The van der Waals surface area contributed by atoms with Gasteiger partial charge in [-0.3, -0.25) is 14.4 Å². The van der Waals surface area contributed by atoms with E-state index in [1.165, 1.54) is 24.3 Å². The molecule has 1 unspecified atom stereocenters. The number of nitriles is 1. The highest BCUT2D eigenvalue weighted by Crippen LogP contribution is 2.28. The van der Waals surface area contributed by atoms with Crippen molar-refractivity contribution in [2.24, 2.45) is 4.99 Å². The van der Waals surface area contributed by atoms with E-state index in [-0.39, 0.29) is 29.8 Å². The maximum Gasteiger partial charge on any atom is 0.305 e. The summed E-state index contributed by atoms with van der Waals surface area (Å²) in [5, 5.41) is 39.6. The van der Waals surface area contributed by atoms with Crippen molar-refractivity contribution in [1.82, 2.24) is 16.0 Å². The quantitative estimate of drug-likeness (QED) is 0.297. The van der Waals surface area contributed by atoms with Gasteiger partial charge >= 0.3 is 5.97 Å². The van der Waals surface area contributed by atoms with Gasteiger partial charge < -0.3 is 31.5 Å². The van der Waals surface area contributed by atoms with Gasteiger partial charge in [0.2, 0.25) is 5.91 Å². The van der Waals surface area contributed by atoms with E-state index in [1.54, 1.807) is 12.1 Å². The van der Waals surface area contributed by atoms with Gasteiger partial charge in [-0.1, -0.05) is 26.8 Å². The number of carboxylic acids is 1. The van der Waals surface area contributed by atoms with Crippen LogP contribution < -0.4 is 21.3 Å². The second-order valence-electron chi connectivity index (χ2n) is 10.2. The Morgan fingerprint density at radius 2 is 1.95 bits per heavy atom. The maximum absolute atomic E-state index is 13.3. The predicted molar refractivity (Wildman–Crippen MR) is 142 cm³/mol. The SMILES string of the molecule is CC(C)(C)c1cc(C#N)cc([C@H](CC(=O)O)NC(=O)CNC(=O)c2cc(O)cc(NC3=NCC(F)CN3)c2)c1. The van der Waals surface area contributed by atoms with Crippen LogP contribution in [0.4, 0.5) is 10.1 Å². The number of nitrogens with one attached hydrogen (secondary N) is 4. The number of halogens is 1. The zero-order valence-corrected chi connectivity index (χ0v) is 21.8. The highest BCUT2D eigenvalue weighted by molar-refractivity contribution is 6.00. The number of anilines is 1. The summed E-state index contributed by atoms with van der Waals surface area (Å²) >= 11 is 0. The van der Waals surface area contributed by atoms with Crippen LogP contribution in [0.15, 0.2) is 41.4 Å². The minimum Gasteiger partial charge on any atom is -0.508 e. The second kappa shape index (κ2) is 12.3. The molecule has 2 atom stereocenters. The van der Waals surface area contributed by atoms with E-state index < -0.39 is 43.0 Å². The Morgan fingerprint density at radius 1 is 1.21 bits per heavy atom. The average Bonchev–Trinajstić information content (AvgIpc) is 2.86. The van der Waals surface area contributed by atoms with Crippen LogP contribution in [0.5, 0.6) is 5.75 Å². The summed E-state index contributed by atoms with van der Waals surface area (Å²) < 4.78 is 13.3. The summed E-state index contributed by atoms with van der Waals surface area (Å²) in [6.07, 6.45) is -1.53. The maximum atomic E-state index is 13.3. The smallest absolute Gasteiger partial charge is 0.305 e. The summed E-state index contributed by atoms with van der Waals surface area (Å²) in [5.74, 6) is -2.39. The van der Waals surface area contributed by atoms with Crippen LogP contribution >= 0.6 is 0 Å². The number of carbonyl (C=O) groups excluding carboxylic acids is 2. The number of hydrogen-bond donors (Lipinski definition) is 6. The molecule has 206 valence electrons. The van der Waals surface area contributed by atoms with Crippen LogP contribution in [0.3, 0.4) is 0 Å². The first-order valence-corrected chi connectivity index (χ1v) is 12.2. The molecule has 6 N–H and O–H groups in total. The van der Waals surface area contributed by atoms with Crippen LogP contribution in [-0.2, 0) is 15.0 Å². The first-order valence-electron chi connectivity index (χ1n) is 12.2. The van der Waals surface area contributed by atoms with Crippen LogP contribution in [0.25, 0.3) is 0 Å². The molecule has 0 fully saturated rings. The topological polar surface area (TPSA) is 176 Å². The number of guanidine groups is 1. The molecule has 3 rings (SSSR count). The average molecular weight is 539 g/mol. The Morgan fingerprint density at radius 3 is 2.56 bits per heavy atom. The molecule has 11 nitrogen and oxygen atoms in total. The number of hydrogen-bond acceptors (Lipinski definition) is 8. The molecule has 0 bridgehead atoms. The number of phenols is 1. The standard InChI is InChI=1S/C27H31FN6O5/c1-27(2,3)18-5-15(11-29)4-16(6-18)22(10-24(37)38)34-23(36)14-30-25(39)17-7-20(9-21(35)8-17)33-26-31-12-19(28)13-32-26/h4-9,19,22,35H,10,12-14H2,1-3H3,(H,30,39)(H,34,36)(H,37,38)(H2,31,32,33)/t22-/m0/s1. The van der Waals surface area contributed by atoms with Crippen LogP contribution in [0, 0.1) is 11.3 Å². The Bertz CT molecular complexity index is 1330. The van der Waals surface area contributed by atoms with Gasteiger partial charge in [-0.05, 0) is 40.8 Å². The van der Waals surface area contributed by atoms with Gasteiger partial charge in [-0.2, -0.15) is 5.26 Å². The molecule has 1 aliphatic rings. The van der Waals surface area contributed by atoms with Crippen LogP contribution in [0.2, 0.25) is 0 Å². The Kier molecular flexibility index (Phi) is 9.08. The fourth-order valence-corrected chi connectivity index (χ4v) is 3.84. The molecule has 1 aliphatic heterocycles. The fourth-order valence-electron chi connectivity index (χ4n) is 3.84. The number of nitrogens with zero attached hydrogens (tertiary/aromatic N) is 2. The highest BCUT2D eigenvalue weighted by atomic mass is 19.1. The van der Waals surface area contributed by atoms with Crippen molar-refractivity contribution in [2.45, 2.75) is 44.8 Å². The number of rotatable bonds is 8. The lowest BCUT2D eigenvalue weighted by Gasteiger charge is -2.23. The monoisotopic (exact) mass is 538 g/mol. The fraction of sp³-hybridized carbons (Fsp3) is 0.370. The summed E-state index contributed by atoms with van der Waals surface area (Å²) in [6, 6.07) is 10.1. The number of alkyl halides is 1. The first-order chi connectivity index (χ1) is 18.3. The van der Waals surface area contributed by atoms with E-state index in [0.717, 1.165) is 5.56 Å². The number of aliphatic carboxylic acids is 1. The lowest BCUT2D eigenvalue weighted by Crippen LogP contribution is -2.41. The molecule has 0 spiro atoms. The Hall–Kier alpha value is -4.66. The van der Waals surface area contributed by atoms with Gasteiger partial charge in [0, 0.05) is 17.3 Å². The third-order valence-corrected chi connectivity index (χ3v) is 5.86. The summed E-state index contributed by atoms with van der Waals surface area (Å²) in [6.45, 7) is 5.45. The summed E-state index contributed by atoms with van der Waals surface area (Å²) in [5.41, 5.74) is 1.65. The van der Waals surface area contributed by atoms with Gasteiger partial charge in [0.15, 0.2) is 5.96 Å². The molecule has 2 aromatic rings. The minimum absolute atomic E-state index is 0.0161. The minimum atomic E-state index is -1.15. The molecule has 1 heterocycles. The predicted octanol–water partition coefficient (Wildman–Crippen LogP) is 2.33. The van der Waals surface area contributed by atoms with E-state index in [0.29, 0.717) is 22.8 Å². The summed E-state index contributed by atoms with van der Waals surface area (Å²) in [4.78, 5) is 40.9. The molecule has 0 radical (unpaired) electrons. The lowest BCUT2D eigenvalue weighted by atomic mass is 9.84. The molecule has 12 heteroatoms. The molecule has 2 aromatic carbocycles. The van der Waals surface area contributed by atoms with E-state index in [1.807, 2.05) is 20.8 Å². The third-order valence-electron chi connectivity index (χ3n) is 5.86. The number of carboxylic acid groups (broad SMARTS) is 1. The van der Waals surface area contributed by atoms with Gasteiger partial charge in [-0.15, -0.1) is 0 Å². The highest BCUT2D eigenvalue weighted by Gasteiger charge is 2.23. The third kappa shape index (κ3) is 8.43. The molecule has 39 heavy (non-hydrogen) atoms. The van der Waals surface area contributed by atoms with Crippen molar-refractivity contribution in [3.8, 4) is 11.8 Å². The molecule has 0 aromatic heterocycles. The van der Waals surface area contributed by atoms with Gasteiger partial charge in [0.1, 0.15) is 11.9 Å². The molecular formula is C27H31FN6O5. The summed E-state index contributed by atoms with van der Waals surface area (Å²) in [7, 11) is 0. The van der Waals surface area contributed by atoms with E-state index >= 15 is 0 Å². The number of amides is 2. The van der Waals surface area contributed by atoms with E-state index in [9.17, 15) is 34.2 Å². The first kappa shape index (κ1) is 28.9. The molecule has 2 amide bonds. The van der Waals surface area contributed by atoms with Crippen molar-refractivity contribution in [3.63, 3.8) is 0 Å². The van der Waals surface area contributed by atoms with Gasteiger partial charge in [0.25, 0.3) is 5.91 Å². The molecule has 0 saturated carbocycles. The van der Waals surface area contributed by atoms with E-state index in [4.69, 9.17) is 0 Å². The number of carbonyl (C=O) groups is 3. The lowest BCUT2D eigenvalue weighted by molar-refractivity contribution is -0.137. The second-order valence-corrected chi connectivity index (χ2v) is 10.2. The number of phenolic OH excluding ortho intramolecular Hbond substituents is 1. The zero-order chi connectivity index (χ0) is 28.7. The Balaban J connectivity index is 1.70. The Labute approximate surface area is 225 Å². The van der Waals surface area contributed by atoms with Crippen LogP contribution in [0.1, 0.15) is 60.3 Å². The number of aliphatic imine (C=N–C) groups is 1. The number of aromatic hydroxyl groups is 1. The van der Waals surface area contributed by atoms with Gasteiger partial charge in [-0.25, -0.2) is 9.38 Å². The zero-order valence-electron chi connectivity index (χ0n) is 21.8. The largest absolute Gasteiger partial charge is 0.508 e.